The van der Waals surface area contributed by atoms with Crippen molar-refractivity contribution >= 4 is 29.9 Å². The van der Waals surface area contributed by atoms with E-state index >= 15 is 0 Å². The lowest BCUT2D eigenvalue weighted by molar-refractivity contribution is -0.117. The summed E-state index contributed by atoms with van der Waals surface area (Å²) in [6, 6.07) is 6.90. The van der Waals surface area contributed by atoms with Gasteiger partial charge in [-0.25, -0.2) is 0 Å². The molecule has 0 radical (unpaired) electrons. The van der Waals surface area contributed by atoms with E-state index in [1.165, 1.54) is 0 Å². The monoisotopic (exact) mass is 311 g/mol. The molecule has 1 aliphatic heterocycles. The summed E-state index contributed by atoms with van der Waals surface area (Å²) in [7, 11) is 0. The van der Waals surface area contributed by atoms with E-state index in [-0.39, 0.29) is 30.3 Å². The molecule has 0 aromatic heterocycles. The van der Waals surface area contributed by atoms with Crippen molar-refractivity contribution in [3.8, 4) is 0 Å². The first-order valence-electron chi connectivity index (χ1n) is 7.13. The molecule has 2 amide bonds. The number of carbonyl (C=O) groups excluding carboxylic acids is 2. The maximum atomic E-state index is 12.0. The van der Waals surface area contributed by atoms with Crippen molar-refractivity contribution in [3.63, 3.8) is 0 Å². The van der Waals surface area contributed by atoms with E-state index in [1.807, 2.05) is 6.92 Å². The van der Waals surface area contributed by atoms with Crippen LogP contribution < -0.4 is 16.0 Å². The molecule has 0 saturated carbocycles. The average Bonchev–Trinajstić information content (AvgIpc) is 2.99. The number of halogens is 1. The Bertz CT molecular complexity index is 488. The first-order valence-corrected chi connectivity index (χ1v) is 7.13. The first kappa shape index (κ1) is 17.5. The summed E-state index contributed by atoms with van der Waals surface area (Å²) in [4.78, 5) is 23.9. The van der Waals surface area contributed by atoms with Crippen LogP contribution in [0.3, 0.4) is 0 Å². The predicted octanol–water partition coefficient (Wildman–Crippen LogP) is 1.94. The predicted molar refractivity (Wildman–Crippen MR) is 86.0 cm³/mol. The zero-order valence-corrected chi connectivity index (χ0v) is 13.0. The van der Waals surface area contributed by atoms with Gasteiger partial charge in [0.2, 0.25) is 5.91 Å². The molecule has 21 heavy (non-hydrogen) atoms. The molecule has 116 valence electrons. The lowest BCUT2D eigenvalue weighted by atomic mass is 10.1. The second kappa shape index (κ2) is 8.64. The van der Waals surface area contributed by atoms with Gasteiger partial charge in [-0.05, 0) is 44.0 Å². The van der Waals surface area contributed by atoms with Crippen LogP contribution in [-0.2, 0) is 4.79 Å². The number of anilines is 1. The van der Waals surface area contributed by atoms with Crippen molar-refractivity contribution in [2.45, 2.75) is 32.2 Å². The van der Waals surface area contributed by atoms with Crippen LogP contribution in [-0.4, -0.2) is 30.9 Å². The largest absolute Gasteiger partial charge is 0.352 e. The molecular weight excluding hydrogens is 290 g/mol. The Kier molecular flexibility index (Phi) is 7.19. The highest BCUT2D eigenvalue weighted by molar-refractivity contribution is 5.98. The standard InChI is InChI=1S/C15H21N3O2.ClH/c1-2-8-17-14(19)11-5-3-6-12(10-11)18-15(20)13-7-4-9-16-13;/h3,5-6,10,13,16H,2,4,7-9H2,1H3,(H,17,19)(H,18,20);1H. The number of amides is 2. The minimum atomic E-state index is -0.118. The van der Waals surface area contributed by atoms with Crippen LogP contribution in [0.5, 0.6) is 0 Å². The van der Waals surface area contributed by atoms with Crippen molar-refractivity contribution in [2.75, 3.05) is 18.4 Å². The summed E-state index contributed by atoms with van der Waals surface area (Å²) >= 11 is 0. The number of hydrogen-bond acceptors (Lipinski definition) is 3. The molecule has 1 aromatic carbocycles. The van der Waals surface area contributed by atoms with Gasteiger partial charge in [-0.1, -0.05) is 13.0 Å². The molecule has 1 aliphatic rings. The fourth-order valence-electron chi connectivity index (χ4n) is 2.22. The summed E-state index contributed by atoms with van der Waals surface area (Å²) in [5, 5.41) is 8.82. The highest BCUT2D eigenvalue weighted by atomic mass is 35.5. The van der Waals surface area contributed by atoms with Gasteiger partial charge in [-0.2, -0.15) is 0 Å². The Morgan fingerprint density at radius 2 is 2.19 bits per heavy atom. The maximum Gasteiger partial charge on any atom is 0.251 e. The van der Waals surface area contributed by atoms with Gasteiger partial charge in [0, 0.05) is 17.8 Å². The van der Waals surface area contributed by atoms with E-state index in [9.17, 15) is 9.59 Å². The molecule has 2 rings (SSSR count). The Labute approximate surface area is 131 Å². The minimum absolute atomic E-state index is 0. The zero-order valence-electron chi connectivity index (χ0n) is 12.1. The second-order valence-electron chi connectivity index (χ2n) is 4.97. The third kappa shape index (κ3) is 5.02. The lowest BCUT2D eigenvalue weighted by Gasteiger charge is -2.12. The fraction of sp³-hybridized carbons (Fsp3) is 0.467. The lowest BCUT2D eigenvalue weighted by Crippen LogP contribution is -2.35. The topological polar surface area (TPSA) is 70.2 Å². The van der Waals surface area contributed by atoms with Gasteiger partial charge >= 0.3 is 0 Å². The molecule has 6 heteroatoms. The molecule has 1 heterocycles. The van der Waals surface area contributed by atoms with Crippen LogP contribution in [0.2, 0.25) is 0 Å². The van der Waals surface area contributed by atoms with Crippen molar-refractivity contribution in [1.82, 2.24) is 10.6 Å². The van der Waals surface area contributed by atoms with Crippen molar-refractivity contribution < 1.29 is 9.59 Å². The van der Waals surface area contributed by atoms with E-state index in [4.69, 9.17) is 0 Å². The third-order valence-corrected chi connectivity index (χ3v) is 3.30. The molecule has 5 nitrogen and oxygen atoms in total. The molecule has 1 unspecified atom stereocenters. The summed E-state index contributed by atoms with van der Waals surface area (Å²) < 4.78 is 0. The highest BCUT2D eigenvalue weighted by Crippen LogP contribution is 2.13. The van der Waals surface area contributed by atoms with Gasteiger partial charge < -0.3 is 16.0 Å². The van der Waals surface area contributed by atoms with E-state index in [1.54, 1.807) is 24.3 Å². The summed E-state index contributed by atoms with van der Waals surface area (Å²) in [5.41, 5.74) is 1.23. The Hall–Kier alpha value is -1.59. The summed E-state index contributed by atoms with van der Waals surface area (Å²) in [6.07, 6.45) is 2.79. The van der Waals surface area contributed by atoms with Crippen LogP contribution in [0.1, 0.15) is 36.5 Å². The number of nitrogens with one attached hydrogen (secondary N) is 3. The van der Waals surface area contributed by atoms with Gasteiger partial charge in [-0.3, -0.25) is 9.59 Å². The van der Waals surface area contributed by atoms with Gasteiger partial charge in [-0.15, -0.1) is 12.4 Å². The quantitative estimate of drug-likeness (QED) is 0.778. The normalized spacial score (nSPS) is 16.9. The van der Waals surface area contributed by atoms with Crippen LogP contribution in [0.25, 0.3) is 0 Å². The molecule has 3 N–H and O–H groups in total. The van der Waals surface area contributed by atoms with Crippen LogP contribution in [0, 0.1) is 0 Å². The van der Waals surface area contributed by atoms with Gasteiger partial charge in [0.1, 0.15) is 0 Å². The van der Waals surface area contributed by atoms with E-state index in [0.29, 0.717) is 17.8 Å². The SMILES string of the molecule is CCCNC(=O)c1cccc(NC(=O)C2CCCN2)c1.Cl. The molecule has 0 aliphatic carbocycles. The summed E-state index contributed by atoms with van der Waals surface area (Å²) in [5.74, 6) is -0.143. The molecule has 0 spiro atoms. The number of hydrogen-bond donors (Lipinski definition) is 3. The highest BCUT2D eigenvalue weighted by Gasteiger charge is 2.21. The number of rotatable bonds is 5. The second-order valence-corrected chi connectivity index (χ2v) is 4.97. The van der Waals surface area contributed by atoms with Gasteiger partial charge in [0.05, 0.1) is 6.04 Å². The fourth-order valence-corrected chi connectivity index (χ4v) is 2.22. The van der Waals surface area contributed by atoms with Crippen LogP contribution >= 0.6 is 12.4 Å². The molecule has 1 aromatic rings. The van der Waals surface area contributed by atoms with Crippen molar-refractivity contribution in [2.24, 2.45) is 0 Å². The van der Waals surface area contributed by atoms with Crippen molar-refractivity contribution in [1.29, 1.82) is 0 Å². The minimum Gasteiger partial charge on any atom is -0.352 e. The Morgan fingerprint density at radius 1 is 1.38 bits per heavy atom. The zero-order chi connectivity index (χ0) is 14.4. The number of benzene rings is 1. The Balaban J connectivity index is 0.00000220. The van der Waals surface area contributed by atoms with E-state index < -0.39 is 0 Å². The average molecular weight is 312 g/mol. The smallest absolute Gasteiger partial charge is 0.251 e. The summed E-state index contributed by atoms with van der Waals surface area (Å²) in [6.45, 7) is 3.55. The molecule has 1 atom stereocenters. The Morgan fingerprint density at radius 3 is 2.86 bits per heavy atom. The number of carbonyl (C=O) groups is 2. The van der Waals surface area contributed by atoms with Gasteiger partial charge in [0.25, 0.3) is 5.91 Å². The molecule has 1 saturated heterocycles. The molecular formula is C15H22ClN3O2. The van der Waals surface area contributed by atoms with Crippen LogP contribution in [0.15, 0.2) is 24.3 Å². The third-order valence-electron chi connectivity index (χ3n) is 3.30. The van der Waals surface area contributed by atoms with E-state index in [2.05, 4.69) is 16.0 Å². The maximum absolute atomic E-state index is 12.0. The van der Waals surface area contributed by atoms with Gasteiger partial charge in [0.15, 0.2) is 0 Å². The first-order chi connectivity index (χ1) is 9.70. The van der Waals surface area contributed by atoms with E-state index in [0.717, 1.165) is 25.8 Å². The molecule has 1 fully saturated rings. The molecule has 0 bridgehead atoms. The van der Waals surface area contributed by atoms with Crippen LogP contribution in [0.4, 0.5) is 5.69 Å². The van der Waals surface area contributed by atoms with Crippen molar-refractivity contribution in [3.05, 3.63) is 29.8 Å².